The van der Waals surface area contributed by atoms with Crippen LogP contribution in [0.1, 0.15) is 22.8 Å². The first-order valence-corrected chi connectivity index (χ1v) is 10.4. The Kier molecular flexibility index (Phi) is 7.21. The summed E-state index contributed by atoms with van der Waals surface area (Å²) in [7, 11) is 0. The lowest BCUT2D eigenvalue weighted by atomic mass is 10.1. The van der Waals surface area contributed by atoms with Crippen LogP contribution in [0, 0.1) is 0 Å². The molecular weight excluding hydrogens is 480 g/mol. The molecule has 2 aromatic carbocycles. The van der Waals surface area contributed by atoms with Crippen molar-refractivity contribution in [2.45, 2.75) is 6.92 Å². The third kappa shape index (κ3) is 4.94. The van der Waals surface area contributed by atoms with Gasteiger partial charge >= 0.3 is 12.0 Å². The molecule has 1 aliphatic rings. The van der Waals surface area contributed by atoms with Gasteiger partial charge < -0.3 is 9.47 Å². The summed E-state index contributed by atoms with van der Waals surface area (Å²) in [4.78, 5) is 50.6. The van der Waals surface area contributed by atoms with Gasteiger partial charge in [0.05, 0.1) is 17.9 Å². The van der Waals surface area contributed by atoms with Crippen molar-refractivity contribution in [1.82, 2.24) is 5.32 Å². The smallest absolute Gasteiger partial charge is 0.338 e. The lowest BCUT2D eigenvalue weighted by Gasteiger charge is -2.26. The number of amides is 4. The highest BCUT2D eigenvalue weighted by atomic mass is 79.9. The first-order chi connectivity index (χ1) is 15.3. The van der Waals surface area contributed by atoms with Gasteiger partial charge in [-0.25, -0.2) is 14.5 Å². The molecule has 0 unspecified atom stereocenters. The monoisotopic (exact) mass is 498 g/mol. The summed E-state index contributed by atoms with van der Waals surface area (Å²) >= 11 is 3.35. The van der Waals surface area contributed by atoms with Gasteiger partial charge in [-0.05, 0) is 55.5 Å². The molecule has 0 aliphatic carbocycles. The van der Waals surface area contributed by atoms with Crippen LogP contribution in [0.25, 0.3) is 6.08 Å². The maximum Gasteiger partial charge on any atom is 0.338 e. The van der Waals surface area contributed by atoms with Crippen LogP contribution in [0.15, 0.2) is 65.2 Å². The van der Waals surface area contributed by atoms with E-state index < -0.39 is 23.8 Å². The topological polar surface area (TPSA) is 102 Å². The van der Waals surface area contributed by atoms with Gasteiger partial charge in [0.1, 0.15) is 17.9 Å². The summed E-state index contributed by atoms with van der Waals surface area (Å²) in [5.41, 5.74) is 0.675. The molecule has 3 rings (SSSR count). The minimum Gasteiger partial charge on any atom is -0.489 e. The van der Waals surface area contributed by atoms with Gasteiger partial charge in [0.2, 0.25) is 0 Å². The molecule has 32 heavy (non-hydrogen) atoms. The average molecular weight is 499 g/mol. The van der Waals surface area contributed by atoms with E-state index in [9.17, 15) is 19.2 Å². The highest BCUT2D eigenvalue weighted by Crippen LogP contribution is 2.28. The fourth-order valence-corrected chi connectivity index (χ4v) is 3.30. The van der Waals surface area contributed by atoms with Crippen LogP contribution in [0.4, 0.5) is 10.5 Å². The van der Waals surface area contributed by atoms with E-state index in [1.165, 1.54) is 30.3 Å². The number of esters is 1. The quantitative estimate of drug-likeness (QED) is 0.269. The Hall–Kier alpha value is -3.72. The number of nitrogens with one attached hydrogen (secondary N) is 1. The lowest BCUT2D eigenvalue weighted by Crippen LogP contribution is -2.54. The van der Waals surface area contributed by atoms with Crippen molar-refractivity contribution in [1.29, 1.82) is 0 Å². The van der Waals surface area contributed by atoms with E-state index in [0.29, 0.717) is 15.8 Å². The first kappa shape index (κ1) is 23.0. The second-order valence-electron chi connectivity index (χ2n) is 6.51. The van der Waals surface area contributed by atoms with Gasteiger partial charge in [0.25, 0.3) is 11.8 Å². The Labute approximate surface area is 192 Å². The van der Waals surface area contributed by atoms with Crippen molar-refractivity contribution in [2.24, 2.45) is 0 Å². The first-order valence-electron chi connectivity index (χ1n) is 9.57. The van der Waals surface area contributed by atoms with Gasteiger partial charge in [0.15, 0.2) is 0 Å². The summed E-state index contributed by atoms with van der Waals surface area (Å²) in [6.45, 7) is 5.74. The molecule has 9 heteroatoms. The number of imide groups is 2. The summed E-state index contributed by atoms with van der Waals surface area (Å²) in [6, 6.07) is 9.95. The molecule has 0 atom stereocenters. The predicted octanol–water partition coefficient (Wildman–Crippen LogP) is 3.86. The van der Waals surface area contributed by atoms with E-state index in [-0.39, 0.29) is 30.0 Å². The molecule has 1 saturated heterocycles. The zero-order valence-corrected chi connectivity index (χ0v) is 18.7. The molecule has 1 fully saturated rings. The minimum absolute atomic E-state index is 0.191. The minimum atomic E-state index is -0.890. The molecule has 1 N–H and O–H groups in total. The van der Waals surface area contributed by atoms with Crippen LogP contribution in [-0.2, 0) is 14.3 Å². The molecule has 0 aromatic heterocycles. The van der Waals surface area contributed by atoms with Crippen LogP contribution in [0.5, 0.6) is 5.75 Å². The van der Waals surface area contributed by atoms with Crippen LogP contribution >= 0.6 is 15.9 Å². The van der Waals surface area contributed by atoms with Crippen molar-refractivity contribution < 1.29 is 28.7 Å². The predicted molar refractivity (Wildman–Crippen MR) is 121 cm³/mol. The van der Waals surface area contributed by atoms with Gasteiger partial charge in [-0.1, -0.05) is 28.6 Å². The molecule has 0 saturated carbocycles. The molecule has 4 amide bonds. The number of benzene rings is 2. The van der Waals surface area contributed by atoms with Crippen LogP contribution in [-0.4, -0.2) is 37.0 Å². The van der Waals surface area contributed by atoms with Crippen molar-refractivity contribution in [3.8, 4) is 5.75 Å². The van der Waals surface area contributed by atoms with Crippen LogP contribution < -0.4 is 15.0 Å². The number of ether oxygens (including phenoxy) is 2. The summed E-state index contributed by atoms with van der Waals surface area (Å²) in [6.07, 6.45) is 2.92. The zero-order valence-electron chi connectivity index (χ0n) is 17.1. The van der Waals surface area contributed by atoms with Crippen LogP contribution in [0.2, 0.25) is 0 Å². The number of hydrogen-bond acceptors (Lipinski definition) is 6. The molecule has 2 aromatic rings. The third-order valence-corrected chi connectivity index (χ3v) is 4.86. The number of hydrogen-bond donors (Lipinski definition) is 1. The average Bonchev–Trinajstić information content (AvgIpc) is 2.76. The number of nitrogens with zero attached hydrogens (tertiary/aromatic N) is 1. The van der Waals surface area contributed by atoms with Crippen molar-refractivity contribution in [2.75, 3.05) is 18.1 Å². The maximum absolute atomic E-state index is 13.1. The standard InChI is InChI=1S/C23H19BrN2O6/c1-3-11-32-19-10-7-16(24)12-15(19)13-18-20(27)25-23(30)26(21(18)28)17-8-5-14(6-9-17)22(29)31-4-2/h3,5-10,12-13H,1,4,11H2,2H3,(H,25,27,30)/b18-13+. The normalized spacial score (nSPS) is 14.9. The summed E-state index contributed by atoms with van der Waals surface area (Å²) in [5.74, 6) is -1.72. The zero-order chi connectivity index (χ0) is 23.3. The molecular formula is C23H19BrN2O6. The Morgan fingerprint density at radius 2 is 1.88 bits per heavy atom. The van der Waals surface area contributed by atoms with E-state index in [0.717, 1.165) is 4.90 Å². The number of carbonyl (C=O) groups is 4. The van der Waals surface area contributed by atoms with Gasteiger partial charge in [-0.2, -0.15) is 0 Å². The van der Waals surface area contributed by atoms with Crippen molar-refractivity contribution >= 4 is 51.5 Å². The van der Waals surface area contributed by atoms with Crippen molar-refractivity contribution in [3.05, 3.63) is 76.3 Å². The fourth-order valence-electron chi connectivity index (χ4n) is 2.92. The molecule has 0 spiro atoms. The number of barbiturate groups is 1. The second-order valence-corrected chi connectivity index (χ2v) is 7.42. The Morgan fingerprint density at radius 1 is 1.16 bits per heavy atom. The SMILES string of the molecule is C=CCOc1ccc(Br)cc1/C=C1\C(=O)NC(=O)N(c2ccc(C(=O)OCC)cc2)C1=O. The molecule has 1 aliphatic heterocycles. The highest BCUT2D eigenvalue weighted by molar-refractivity contribution is 9.10. The fraction of sp³-hybridized carbons (Fsp3) is 0.130. The maximum atomic E-state index is 13.1. The van der Waals surface area contributed by atoms with Gasteiger partial charge in [0, 0.05) is 10.0 Å². The van der Waals surface area contributed by atoms with E-state index >= 15 is 0 Å². The molecule has 0 radical (unpaired) electrons. The third-order valence-electron chi connectivity index (χ3n) is 4.37. The summed E-state index contributed by atoms with van der Waals surface area (Å²) < 4.78 is 11.2. The number of halogens is 1. The second kappa shape index (κ2) is 10.1. The van der Waals surface area contributed by atoms with E-state index in [2.05, 4.69) is 27.8 Å². The molecule has 8 nitrogen and oxygen atoms in total. The highest BCUT2D eigenvalue weighted by Gasteiger charge is 2.37. The Morgan fingerprint density at radius 3 is 2.53 bits per heavy atom. The molecule has 1 heterocycles. The van der Waals surface area contributed by atoms with Gasteiger partial charge in [-0.3, -0.25) is 14.9 Å². The Bertz CT molecular complexity index is 1120. The number of urea groups is 1. The van der Waals surface area contributed by atoms with Gasteiger partial charge in [-0.15, -0.1) is 0 Å². The Balaban J connectivity index is 1.96. The summed E-state index contributed by atoms with van der Waals surface area (Å²) in [5, 5.41) is 2.16. The van der Waals surface area contributed by atoms with E-state index in [4.69, 9.17) is 9.47 Å². The van der Waals surface area contributed by atoms with Crippen LogP contribution in [0.3, 0.4) is 0 Å². The number of anilines is 1. The largest absolute Gasteiger partial charge is 0.489 e. The molecule has 164 valence electrons. The lowest BCUT2D eigenvalue weighted by molar-refractivity contribution is -0.122. The van der Waals surface area contributed by atoms with E-state index in [1.54, 1.807) is 31.2 Å². The van der Waals surface area contributed by atoms with Crippen molar-refractivity contribution in [3.63, 3.8) is 0 Å². The molecule has 0 bridgehead atoms. The number of rotatable bonds is 7. The van der Waals surface area contributed by atoms with E-state index in [1.807, 2.05) is 0 Å². The number of carbonyl (C=O) groups excluding carboxylic acids is 4.